The van der Waals surface area contributed by atoms with Crippen molar-refractivity contribution < 1.29 is 0 Å². The minimum Gasteiger partial charge on any atom is -0.310 e. The summed E-state index contributed by atoms with van der Waals surface area (Å²) in [6, 6.07) is 70.5. The highest BCUT2D eigenvalue weighted by atomic mass is 15.1. The molecule has 0 aliphatic heterocycles. The minimum absolute atomic E-state index is 0.148. The van der Waals surface area contributed by atoms with Gasteiger partial charge in [-0.05, 0) is 153 Å². The van der Waals surface area contributed by atoms with Crippen LogP contribution < -0.4 is 4.90 Å². The maximum absolute atomic E-state index is 2.56. The van der Waals surface area contributed by atoms with Crippen LogP contribution in [0, 0.1) is 23.7 Å². The third-order valence-corrected chi connectivity index (χ3v) is 14.5. The average molecular weight is 732 g/mol. The van der Waals surface area contributed by atoms with E-state index in [1.165, 1.54) is 98.8 Å². The molecule has 13 rings (SSSR count). The van der Waals surface area contributed by atoms with Crippen LogP contribution in [0.3, 0.4) is 0 Å². The Kier molecular flexibility index (Phi) is 7.49. The van der Waals surface area contributed by atoms with Crippen LogP contribution in [0.4, 0.5) is 17.1 Å². The summed E-state index contributed by atoms with van der Waals surface area (Å²) in [7, 11) is 0. The SMILES string of the molecule is c1ccc(-c2ccc(N(c3ccc(-c4cccc5ccccc45)cc3)c3ccc4c(c3)-c3ccccc3C43C4CC5CC(C4)CC3C5)c(-c3ccccc3)c2)cc1. The Morgan fingerprint density at radius 3 is 1.72 bits per heavy atom. The molecule has 4 bridgehead atoms. The summed E-state index contributed by atoms with van der Waals surface area (Å²) in [6.45, 7) is 0. The number of benzene rings is 8. The lowest BCUT2D eigenvalue weighted by Gasteiger charge is -2.61. The second-order valence-electron chi connectivity index (χ2n) is 17.3. The van der Waals surface area contributed by atoms with Gasteiger partial charge in [-0.3, -0.25) is 0 Å². The molecule has 4 saturated carbocycles. The molecule has 0 heterocycles. The average Bonchev–Trinajstić information content (AvgIpc) is 3.56. The van der Waals surface area contributed by atoms with Crippen LogP contribution in [0.25, 0.3) is 55.3 Å². The zero-order chi connectivity index (χ0) is 37.5. The first-order valence-corrected chi connectivity index (χ1v) is 21.1. The van der Waals surface area contributed by atoms with Crippen molar-refractivity contribution in [3.05, 3.63) is 199 Å². The Morgan fingerprint density at radius 2 is 0.947 bits per heavy atom. The Bertz CT molecular complexity index is 2760. The number of nitrogens with zero attached hydrogens (tertiary/aromatic N) is 1. The molecular formula is C56H45N. The maximum atomic E-state index is 2.56. The first kappa shape index (κ1) is 33.0. The van der Waals surface area contributed by atoms with E-state index >= 15 is 0 Å². The lowest BCUT2D eigenvalue weighted by Crippen LogP contribution is -2.55. The zero-order valence-corrected chi connectivity index (χ0v) is 32.2. The summed E-state index contributed by atoms with van der Waals surface area (Å²) in [5.74, 6) is 3.34. The Balaban J connectivity index is 1.06. The monoisotopic (exact) mass is 731 g/mol. The van der Waals surface area contributed by atoms with Crippen molar-refractivity contribution >= 4 is 27.8 Å². The molecule has 57 heavy (non-hydrogen) atoms. The van der Waals surface area contributed by atoms with Gasteiger partial charge in [0.15, 0.2) is 0 Å². The fourth-order valence-corrected chi connectivity index (χ4v) is 12.4. The van der Waals surface area contributed by atoms with Gasteiger partial charge in [0.1, 0.15) is 0 Å². The zero-order valence-electron chi connectivity index (χ0n) is 32.2. The lowest BCUT2D eigenvalue weighted by atomic mass is 9.43. The molecule has 0 saturated heterocycles. The molecule has 0 N–H and O–H groups in total. The molecule has 4 fully saturated rings. The van der Waals surface area contributed by atoms with Crippen molar-refractivity contribution in [3.63, 3.8) is 0 Å². The summed E-state index contributed by atoms with van der Waals surface area (Å²) >= 11 is 0. The largest absolute Gasteiger partial charge is 0.310 e. The highest BCUT2D eigenvalue weighted by Gasteiger charge is 2.61. The summed E-state index contributed by atoms with van der Waals surface area (Å²) in [5.41, 5.74) is 17.1. The van der Waals surface area contributed by atoms with Crippen LogP contribution in [0.2, 0.25) is 0 Å². The van der Waals surface area contributed by atoms with Crippen LogP contribution in [0.15, 0.2) is 188 Å². The molecule has 5 aliphatic rings. The van der Waals surface area contributed by atoms with E-state index in [0.29, 0.717) is 0 Å². The lowest BCUT2D eigenvalue weighted by molar-refractivity contribution is -0.0399. The molecule has 5 aliphatic carbocycles. The highest BCUT2D eigenvalue weighted by molar-refractivity contribution is 5.98. The summed E-state index contributed by atoms with van der Waals surface area (Å²) in [6.07, 6.45) is 7.05. The van der Waals surface area contributed by atoms with E-state index in [9.17, 15) is 0 Å². The number of rotatable bonds is 6. The Morgan fingerprint density at radius 1 is 0.368 bits per heavy atom. The number of hydrogen-bond donors (Lipinski definition) is 0. The van der Waals surface area contributed by atoms with Crippen molar-refractivity contribution in [1.29, 1.82) is 0 Å². The Hall–Kier alpha value is -6.18. The van der Waals surface area contributed by atoms with Crippen LogP contribution in [0.5, 0.6) is 0 Å². The van der Waals surface area contributed by atoms with E-state index in [2.05, 4.69) is 193 Å². The van der Waals surface area contributed by atoms with E-state index in [4.69, 9.17) is 0 Å². The number of hydrogen-bond acceptors (Lipinski definition) is 1. The van der Waals surface area contributed by atoms with Crippen LogP contribution >= 0.6 is 0 Å². The molecule has 1 nitrogen and oxygen atoms in total. The summed E-state index contributed by atoms with van der Waals surface area (Å²) < 4.78 is 0. The second kappa shape index (κ2) is 12.9. The predicted molar refractivity (Wildman–Crippen MR) is 238 cm³/mol. The van der Waals surface area contributed by atoms with E-state index in [1.807, 2.05) is 0 Å². The van der Waals surface area contributed by atoms with Crippen molar-refractivity contribution in [1.82, 2.24) is 0 Å². The third-order valence-electron chi connectivity index (χ3n) is 14.5. The Labute approximate surface area is 336 Å². The van der Waals surface area contributed by atoms with Gasteiger partial charge in [-0.1, -0.05) is 152 Å². The topological polar surface area (TPSA) is 3.24 Å². The van der Waals surface area contributed by atoms with Gasteiger partial charge in [-0.15, -0.1) is 0 Å². The van der Waals surface area contributed by atoms with Crippen molar-refractivity contribution in [2.24, 2.45) is 23.7 Å². The molecule has 0 amide bonds. The van der Waals surface area contributed by atoms with Crippen LogP contribution in [-0.2, 0) is 5.41 Å². The fourth-order valence-electron chi connectivity index (χ4n) is 12.4. The molecular weight excluding hydrogens is 687 g/mol. The van der Waals surface area contributed by atoms with E-state index < -0.39 is 0 Å². The first-order valence-electron chi connectivity index (χ1n) is 21.1. The van der Waals surface area contributed by atoms with E-state index in [0.717, 1.165) is 29.4 Å². The molecule has 1 heteroatoms. The van der Waals surface area contributed by atoms with E-state index in [-0.39, 0.29) is 5.41 Å². The molecule has 0 atom stereocenters. The summed E-state index contributed by atoms with van der Waals surface area (Å²) in [4.78, 5) is 2.52. The van der Waals surface area contributed by atoms with Crippen molar-refractivity contribution in [2.75, 3.05) is 4.90 Å². The third kappa shape index (κ3) is 5.08. The van der Waals surface area contributed by atoms with Gasteiger partial charge >= 0.3 is 0 Å². The molecule has 274 valence electrons. The van der Waals surface area contributed by atoms with Gasteiger partial charge in [0.05, 0.1) is 5.69 Å². The van der Waals surface area contributed by atoms with Crippen LogP contribution in [-0.4, -0.2) is 0 Å². The maximum Gasteiger partial charge on any atom is 0.0540 e. The van der Waals surface area contributed by atoms with Gasteiger partial charge in [0.2, 0.25) is 0 Å². The standard InChI is InChI=1S/C56H45N/c1-3-12-39(13-4-1)43-24-29-55(51(35-43)41-14-5-2-6-15-41)57(46-25-22-42(23-26-46)49-20-11-17-40-16-7-8-18-48(40)49)47-27-28-54-52(36-47)50-19-9-10-21-53(50)56(54)44-31-37-30-38(33-44)34-45(56)32-37/h1-29,35-38,44-45H,30-34H2. The minimum atomic E-state index is 0.148. The van der Waals surface area contributed by atoms with Gasteiger partial charge < -0.3 is 4.90 Å². The fraction of sp³-hybridized carbons (Fsp3) is 0.179. The predicted octanol–water partition coefficient (Wildman–Crippen LogP) is 15.0. The molecule has 8 aromatic carbocycles. The van der Waals surface area contributed by atoms with E-state index in [1.54, 1.807) is 11.1 Å². The number of fused-ring (bicyclic) bond motifs is 4. The van der Waals surface area contributed by atoms with Gasteiger partial charge in [0, 0.05) is 22.4 Å². The smallest absolute Gasteiger partial charge is 0.0540 e. The highest BCUT2D eigenvalue weighted by Crippen LogP contribution is 2.69. The first-order chi connectivity index (χ1) is 28.2. The molecule has 0 aromatic heterocycles. The second-order valence-corrected chi connectivity index (χ2v) is 17.3. The molecule has 8 aromatic rings. The van der Waals surface area contributed by atoms with Crippen LogP contribution in [0.1, 0.15) is 43.2 Å². The normalized spacial score (nSPS) is 22.5. The van der Waals surface area contributed by atoms with Gasteiger partial charge in [-0.2, -0.15) is 0 Å². The summed E-state index contributed by atoms with van der Waals surface area (Å²) in [5, 5.41) is 2.55. The van der Waals surface area contributed by atoms with Crippen molar-refractivity contribution in [3.8, 4) is 44.5 Å². The quantitative estimate of drug-likeness (QED) is 0.165. The van der Waals surface area contributed by atoms with Crippen molar-refractivity contribution in [2.45, 2.75) is 37.5 Å². The van der Waals surface area contributed by atoms with Gasteiger partial charge in [0.25, 0.3) is 0 Å². The number of anilines is 3. The molecule has 1 spiro atoms. The van der Waals surface area contributed by atoms with Gasteiger partial charge in [-0.25, -0.2) is 0 Å². The molecule has 0 unspecified atom stereocenters. The molecule has 0 radical (unpaired) electrons.